The summed E-state index contributed by atoms with van der Waals surface area (Å²) in [5, 5.41) is 0. The molecule has 0 N–H and O–H groups in total. The highest BCUT2D eigenvalue weighted by molar-refractivity contribution is 6.18. The summed E-state index contributed by atoms with van der Waals surface area (Å²) in [6.45, 7) is 0.712. The highest BCUT2D eigenvalue weighted by atomic mass is 35.5. The Balaban J connectivity index is 2.02. The van der Waals surface area contributed by atoms with Crippen molar-refractivity contribution >= 4 is 17.5 Å². The van der Waals surface area contributed by atoms with E-state index in [4.69, 9.17) is 11.6 Å². The first kappa shape index (κ1) is 12.1. The van der Waals surface area contributed by atoms with Crippen molar-refractivity contribution in [2.24, 2.45) is 11.8 Å². The van der Waals surface area contributed by atoms with E-state index >= 15 is 0 Å². The second-order valence-corrected chi connectivity index (χ2v) is 5.14. The van der Waals surface area contributed by atoms with E-state index < -0.39 is 11.8 Å². The standard InChI is InChI=1S/C11H16ClF2NO/c12-5-3-10(16)15-6-8-2-1-4-11(13,14)9(8)7-15/h8-9H,1-7H2/t8-,9-/m1/s1. The molecule has 0 aromatic rings. The number of carbonyl (C=O) groups excluding carboxylic acids is 1. The van der Waals surface area contributed by atoms with Gasteiger partial charge in [-0.3, -0.25) is 4.79 Å². The number of hydrogen-bond donors (Lipinski definition) is 0. The lowest BCUT2D eigenvalue weighted by atomic mass is 9.79. The Labute approximate surface area is 98.9 Å². The first-order chi connectivity index (χ1) is 7.54. The van der Waals surface area contributed by atoms with Gasteiger partial charge in [-0.05, 0) is 18.8 Å². The van der Waals surface area contributed by atoms with Gasteiger partial charge >= 0.3 is 0 Å². The van der Waals surface area contributed by atoms with Gasteiger partial charge in [0.2, 0.25) is 5.91 Å². The molecular formula is C11H16ClF2NO. The number of likely N-dealkylation sites (tertiary alicyclic amines) is 1. The van der Waals surface area contributed by atoms with Crippen molar-refractivity contribution in [3.05, 3.63) is 0 Å². The third kappa shape index (κ3) is 2.17. The molecule has 2 rings (SSSR count). The lowest BCUT2D eigenvalue weighted by Crippen LogP contribution is -2.38. The molecule has 1 saturated carbocycles. The number of alkyl halides is 3. The normalized spacial score (nSPS) is 32.6. The molecule has 1 heterocycles. The number of hydrogen-bond acceptors (Lipinski definition) is 1. The molecule has 1 aliphatic carbocycles. The molecule has 16 heavy (non-hydrogen) atoms. The molecule has 2 aliphatic rings. The minimum atomic E-state index is -2.58. The zero-order valence-electron chi connectivity index (χ0n) is 9.09. The van der Waals surface area contributed by atoms with E-state index in [-0.39, 0.29) is 37.1 Å². The van der Waals surface area contributed by atoms with Gasteiger partial charge in [-0.2, -0.15) is 0 Å². The molecule has 0 bridgehead atoms. The van der Waals surface area contributed by atoms with Crippen molar-refractivity contribution in [2.45, 2.75) is 31.6 Å². The molecule has 0 aromatic heterocycles. The zero-order chi connectivity index (χ0) is 11.8. The zero-order valence-corrected chi connectivity index (χ0v) is 9.85. The van der Waals surface area contributed by atoms with Gasteiger partial charge in [0.25, 0.3) is 5.92 Å². The molecule has 1 aliphatic heterocycles. The van der Waals surface area contributed by atoms with Gasteiger partial charge in [-0.15, -0.1) is 11.6 Å². The van der Waals surface area contributed by atoms with Crippen molar-refractivity contribution in [1.29, 1.82) is 0 Å². The van der Waals surface area contributed by atoms with Crippen LogP contribution in [0.25, 0.3) is 0 Å². The SMILES string of the molecule is O=C(CCCl)N1C[C@H]2CCCC(F)(F)[C@@H]2C1. The maximum absolute atomic E-state index is 13.6. The Hall–Kier alpha value is -0.380. The summed E-state index contributed by atoms with van der Waals surface area (Å²) in [5.41, 5.74) is 0. The Kier molecular flexibility index (Phi) is 3.38. The third-order valence-corrected chi connectivity index (χ3v) is 3.92. The summed E-state index contributed by atoms with van der Waals surface area (Å²) in [5.74, 6) is -3.04. The van der Waals surface area contributed by atoms with Gasteiger partial charge in [-0.25, -0.2) is 8.78 Å². The van der Waals surface area contributed by atoms with Gasteiger partial charge in [0.15, 0.2) is 0 Å². The topological polar surface area (TPSA) is 20.3 Å². The molecule has 0 radical (unpaired) electrons. The van der Waals surface area contributed by atoms with Gasteiger partial charge < -0.3 is 4.90 Å². The van der Waals surface area contributed by atoms with E-state index in [9.17, 15) is 13.6 Å². The summed E-state index contributed by atoms with van der Waals surface area (Å²) < 4.78 is 27.2. The largest absolute Gasteiger partial charge is 0.342 e. The van der Waals surface area contributed by atoms with E-state index in [1.165, 1.54) is 0 Å². The van der Waals surface area contributed by atoms with Crippen LogP contribution in [-0.4, -0.2) is 35.7 Å². The quantitative estimate of drug-likeness (QED) is 0.691. The van der Waals surface area contributed by atoms with Crippen molar-refractivity contribution in [3.63, 3.8) is 0 Å². The summed E-state index contributed by atoms with van der Waals surface area (Å²) in [7, 11) is 0. The van der Waals surface area contributed by atoms with E-state index in [2.05, 4.69) is 0 Å². The molecule has 1 amide bonds. The van der Waals surface area contributed by atoms with Crippen LogP contribution in [0.1, 0.15) is 25.7 Å². The van der Waals surface area contributed by atoms with Crippen LogP contribution in [0.2, 0.25) is 0 Å². The summed E-state index contributed by atoms with van der Waals surface area (Å²) >= 11 is 5.49. The van der Waals surface area contributed by atoms with E-state index in [0.29, 0.717) is 13.0 Å². The van der Waals surface area contributed by atoms with E-state index in [1.54, 1.807) is 4.90 Å². The van der Waals surface area contributed by atoms with E-state index in [1.807, 2.05) is 0 Å². The second-order valence-electron chi connectivity index (χ2n) is 4.76. The maximum atomic E-state index is 13.6. The monoisotopic (exact) mass is 251 g/mol. The Morgan fingerprint density at radius 1 is 1.44 bits per heavy atom. The van der Waals surface area contributed by atoms with Crippen LogP contribution < -0.4 is 0 Å². The van der Waals surface area contributed by atoms with Crippen LogP contribution in [0.3, 0.4) is 0 Å². The van der Waals surface area contributed by atoms with Crippen molar-refractivity contribution < 1.29 is 13.6 Å². The van der Waals surface area contributed by atoms with Crippen LogP contribution in [0.15, 0.2) is 0 Å². The lowest BCUT2D eigenvalue weighted by Gasteiger charge is -2.32. The number of amides is 1. The van der Waals surface area contributed by atoms with Crippen LogP contribution >= 0.6 is 11.6 Å². The molecule has 0 aromatic carbocycles. The minimum Gasteiger partial charge on any atom is -0.342 e. The molecule has 5 heteroatoms. The Morgan fingerprint density at radius 3 is 2.81 bits per heavy atom. The van der Waals surface area contributed by atoms with Crippen molar-refractivity contribution in [3.8, 4) is 0 Å². The Bertz CT molecular complexity index is 285. The maximum Gasteiger partial charge on any atom is 0.252 e. The second kappa shape index (κ2) is 4.47. The first-order valence-corrected chi connectivity index (χ1v) is 6.29. The van der Waals surface area contributed by atoms with Gasteiger partial charge in [-0.1, -0.05) is 0 Å². The molecule has 2 nitrogen and oxygen atoms in total. The van der Waals surface area contributed by atoms with Crippen LogP contribution in [-0.2, 0) is 4.79 Å². The summed E-state index contributed by atoms with van der Waals surface area (Å²) in [6.07, 6.45) is 1.63. The summed E-state index contributed by atoms with van der Waals surface area (Å²) in [6, 6.07) is 0. The number of halogens is 3. The fourth-order valence-electron chi connectivity index (χ4n) is 2.87. The molecule has 2 atom stereocenters. The smallest absolute Gasteiger partial charge is 0.252 e. The molecule has 2 fully saturated rings. The van der Waals surface area contributed by atoms with Crippen molar-refractivity contribution in [2.75, 3.05) is 19.0 Å². The van der Waals surface area contributed by atoms with Crippen LogP contribution in [0.4, 0.5) is 8.78 Å². The molecule has 92 valence electrons. The van der Waals surface area contributed by atoms with Gasteiger partial charge in [0.1, 0.15) is 0 Å². The highest BCUT2D eigenvalue weighted by Gasteiger charge is 2.51. The van der Waals surface area contributed by atoms with Crippen molar-refractivity contribution in [1.82, 2.24) is 4.90 Å². The van der Waals surface area contributed by atoms with E-state index in [0.717, 1.165) is 6.42 Å². The highest BCUT2D eigenvalue weighted by Crippen LogP contribution is 2.45. The predicted octanol–water partition coefficient (Wildman–Crippen LogP) is 2.51. The predicted molar refractivity (Wildman–Crippen MR) is 57.7 cm³/mol. The Morgan fingerprint density at radius 2 is 2.19 bits per heavy atom. The molecular weight excluding hydrogens is 236 g/mol. The molecule has 1 saturated heterocycles. The number of rotatable bonds is 2. The number of nitrogens with zero attached hydrogens (tertiary/aromatic N) is 1. The first-order valence-electron chi connectivity index (χ1n) is 5.76. The van der Waals surface area contributed by atoms with Crippen LogP contribution in [0.5, 0.6) is 0 Å². The fourth-order valence-corrected chi connectivity index (χ4v) is 3.03. The lowest BCUT2D eigenvalue weighted by molar-refractivity contribution is -0.130. The molecule has 0 unspecified atom stereocenters. The molecule has 0 spiro atoms. The number of carbonyl (C=O) groups is 1. The fraction of sp³-hybridized carbons (Fsp3) is 0.909. The average molecular weight is 252 g/mol. The van der Waals surface area contributed by atoms with Gasteiger partial charge in [0.05, 0.1) is 0 Å². The minimum absolute atomic E-state index is 0.0111. The third-order valence-electron chi connectivity index (χ3n) is 3.73. The summed E-state index contributed by atoms with van der Waals surface area (Å²) in [4.78, 5) is 13.2. The van der Waals surface area contributed by atoms with Gasteiger partial charge in [0, 0.05) is 37.7 Å². The average Bonchev–Trinajstić information content (AvgIpc) is 2.63. The van der Waals surface area contributed by atoms with Crippen LogP contribution in [0, 0.1) is 11.8 Å². The number of fused-ring (bicyclic) bond motifs is 1.